The molecule has 0 bridgehead atoms. The molecule has 1 amide bonds. The minimum Gasteiger partial charge on any atom is -0.497 e. The van der Waals surface area contributed by atoms with Gasteiger partial charge in [-0.2, -0.15) is 0 Å². The first kappa shape index (κ1) is 16.9. The first-order valence-corrected chi connectivity index (χ1v) is 7.79. The van der Waals surface area contributed by atoms with Gasteiger partial charge in [0.05, 0.1) is 7.11 Å². The first-order valence-electron chi connectivity index (χ1n) is 7.79. The van der Waals surface area contributed by atoms with E-state index < -0.39 is 0 Å². The fourth-order valence-corrected chi connectivity index (χ4v) is 2.18. The summed E-state index contributed by atoms with van der Waals surface area (Å²) in [5, 5.41) is 2.78. The van der Waals surface area contributed by atoms with Crippen LogP contribution in [0.3, 0.4) is 0 Å². The summed E-state index contributed by atoms with van der Waals surface area (Å²) >= 11 is 0. The molecule has 4 nitrogen and oxygen atoms in total. The number of hydrogen-bond acceptors (Lipinski definition) is 3. The fraction of sp³-hybridized carbons (Fsp3) is 0.316. The van der Waals surface area contributed by atoms with E-state index in [0.717, 1.165) is 6.42 Å². The minimum absolute atomic E-state index is 0.0279. The molecule has 23 heavy (non-hydrogen) atoms. The molecule has 0 saturated heterocycles. The molecule has 0 spiro atoms. The number of benzene rings is 2. The van der Waals surface area contributed by atoms with Gasteiger partial charge < -0.3 is 14.8 Å². The average Bonchev–Trinajstić information content (AvgIpc) is 2.60. The van der Waals surface area contributed by atoms with E-state index in [9.17, 15) is 4.79 Å². The first-order chi connectivity index (χ1) is 11.1. The molecule has 2 aromatic rings. The van der Waals surface area contributed by atoms with Crippen molar-refractivity contribution in [3.63, 3.8) is 0 Å². The van der Waals surface area contributed by atoms with E-state index in [4.69, 9.17) is 9.47 Å². The van der Waals surface area contributed by atoms with Gasteiger partial charge in [0.25, 0.3) is 5.91 Å². The zero-order chi connectivity index (χ0) is 16.7. The third-order valence-corrected chi connectivity index (χ3v) is 3.78. The number of ether oxygens (including phenoxy) is 2. The van der Waals surface area contributed by atoms with Crippen molar-refractivity contribution in [3.8, 4) is 11.5 Å². The van der Waals surface area contributed by atoms with Crippen molar-refractivity contribution >= 4 is 11.6 Å². The summed E-state index contributed by atoms with van der Waals surface area (Å²) in [6.07, 6.45) is 1.10. The second-order valence-corrected chi connectivity index (χ2v) is 5.45. The van der Waals surface area contributed by atoms with E-state index >= 15 is 0 Å². The number of carbonyl (C=O) groups is 1. The predicted molar refractivity (Wildman–Crippen MR) is 92.3 cm³/mol. The van der Waals surface area contributed by atoms with Crippen molar-refractivity contribution in [2.24, 2.45) is 0 Å². The molecule has 2 rings (SSSR count). The maximum absolute atomic E-state index is 11.9. The van der Waals surface area contributed by atoms with E-state index in [1.807, 2.05) is 36.4 Å². The topological polar surface area (TPSA) is 47.6 Å². The van der Waals surface area contributed by atoms with E-state index in [1.54, 1.807) is 19.2 Å². The lowest BCUT2D eigenvalue weighted by Crippen LogP contribution is -2.20. The smallest absolute Gasteiger partial charge is 0.262 e. The highest BCUT2D eigenvalue weighted by molar-refractivity contribution is 5.92. The lowest BCUT2D eigenvalue weighted by atomic mass is 9.99. The summed E-state index contributed by atoms with van der Waals surface area (Å²) in [5.74, 6) is 1.71. The Labute approximate surface area is 137 Å². The highest BCUT2D eigenvalue weighted by Gasteiger charge is 2.06. The number of carbonyl (C=O) groups excluding carboxylic acids is 1. The van der Waals surface area contributed by atoms with Gasteiger partial charge in [0.2, 0.25) is 0 Å². The molecule has 1 N–H and O–H groups in total. The Kier molecular flexibility index (Phi) is 6.03. The van der Waals surface area contributed by atoms with Gasteiger partial charge in [0, 0.05) is 11.8 Å². The van der Waals surface area contributed by atoms with Gasteiger partial charge in [-0.05, 0) is 42.2 Å². The van der Waals surface area contributed by atoms with Crippen molar-refractivity contribution in [1.82, 2.24) is 0 Å². The third-order valence-electron chi connectivity index (χ3n) is 3.78. The monoisotopic (exact) mass is 313 g/mol. The van der Waals surface area contributed by atoms with Gasteiger partial charge in [-0.3, -0.25) is 4.79 Å². The van der Waals surface area contributed by atoms with Gasteiger partial charge in [-0.1, -0.05) is 32.0 Å². The van der Waals surface area contributed by atoms with Crippen LogP contribution in [0.4, 0.5) is 5.69 Å². The number of hydrogen-bond donors (Lipinski definition) is 1. The summed E-state index contributed by atoms with van der Waals surface area (Å²) < 4.78 is 10.6. The van der Waals surface area contributed by atoms with Crippen LogP contribution in [0, 0.1) is 0 Å². The van der Waals surface area contributed by atoms with Crippen molar-refractivity contribution in [2.75, 3.05) is 19.0 Å². The van der Waals surface area contributed by atoms with Gasteiger partial charge in [-0.15, -0.1) is 0 Å². The standard InChI is InChI=1S/C19H23NO3/c1-4-14(2)15-8-10-17(11-9-15)23-13-19(21)20-16-6-5-7-18(12-16)22-3/h5-12,14H,4,13H2,1-3H3,(H,20,21)/t14-/m1/s1. The Balaban J connectivity index is 1.86. The molecule has 0 aromatic heterocycles. The van der Waals surface area contributed by atoms with Crippen molar-refractivity contribution in [2.45, 2.75) is 26.2 Å². The molecular formula is C19H23NO3. The Morgan fingerprint density at radius 3 is 2.52 bits per heavy atom. The second kappa shape index (κ2) is 8.22. The normalized spacial score (nSPS) is 11.6. The molecule has 0 aliphatic rings. The van der Waals surface area contributed by atoms with Gasteiger partial charge in [0.1, 0.15) is 11.5 Å². The quantitative estimate of drug-likeness (QED) is 0.832. The van der Waals surface area contributed by atoms with Gasteiger partial charge in [-0.25, -0.2) is 0 Å². The largest absolute Gasteiger partial charge is 0.497 e. The maximum atomic E-state index is 11.9. The Bertz CT molecular complexity index is 637. The number of rotatable bonds is 7. The highest BCUT2D eigenvalue weighted by Crippen LogP contribution is 2.21. The molecule has 0 saturated carbocycles. The zero-order valence-corrected chi connectivity index (χ0v) is 13.8. The SMILES string of the molecule is CC[C@@H](C)c1ccc(OCC(=O)Nc2cccc(OC)c2)cc1. The summed E-state index contributed by atoms with van der Waals surface area (Å²) in [6, 6.07) is 15.1. The van der Waals surface area contributed by atoms with Crippen LogP contribution in [0.25, 0.3) is 0 Å². The molecule has 0 radical (unpaired) electrons. The number of nitrogens with one attached hydrogen (secondary N) is 1. The molecule has 0 heterocycles. The van der Waals surface area contributed by atoms with Crippen LogP contribution in [-0.2, 0) is 4.79 Å². The van der Waals surface area contributed by atoms with E-state index in [0.29, 0.717) is 23.1 Å². The molecule has 0 fully saturated rings. The Hall–Kier alpha value is -2.49. The molecule has 122 valence electrons. The molecule has 0 unspecified atom stereocenters. The minimum atomic E-state index is -0.204. The summed E-state index contributed by atoms with van der Waals surface area (Å²) in [6.45, 7) is 4.33. The summed E-state index contributed by atoms with van der Waals surface area (Å²) in [4.78, 5) is 11.9. The number of methoxy groups -OCH3 is 1. The maximum Gasteiger partial charge on any atom is 0.262 e. The number of amides is 1. The highest BCUT2D eigenvalue weighted by atomic mass is 16.5. The van der Waals surface area contributed by atoms with Gasteiger partial charge in [0.15, 0.2) is 6.61 Å². The molecule has 4 heteroatoms. The molecule has 2 aromatic carbocycles. The van der Waals surface area contributed by atoms with Crippen molar-refractivity contribution in [3.05, 3.63) is 54.1 Å². The zero-order valence-electron chi connectivity index (χ0n) is 13.8. The van der Waals surface area contributed by atoms with E-state index in [-0.39, 0.29) is 12.5 Å². The van der Waals surface area contributed by atoms with Crippen molar-refractivity contribution in [1.29, 1.82) is 0 Å². The predicted octanol–water partition coefficient (Wildman–Crippen LogP) is 4.23. The van der Waals surface area contributed by atoms with Crippen LogP contribution in [0.15, 0.2) is 48.5 Å². The summed E-state index contributed by atoms with van der Waals surface area (Å²) in [7, 11) is 1.59. The lowest BCUT2D eigenvalue weighted by Gasteiger charge is -2.11. The third kappa shape index (κ3) is 5.02. The van der Waals surface area contributed by atoms with Crippen LogP contribution in [0.1, 0.15) is 31.7 Å². The van der Waals surface area contributed by atoms with Crippen LogP contribution < -0.4 is 14.8 Å². The van der Waals surface area contributed by atoms with Gasteiger partial charge >= 0.3 is 0 Å². The summed E-state index contributed by atoms with van der Waals surface area (Å²) in [5.41, 5.74) is 1.96. The lowest BCUT2D eigenvalue weighted by molar-refractivity contribution is -0.118. The molecule has 1 atom stereocenters. The van der Waals surface area contributed by atoms with E-state index in [2.05, 4.69) is 19.2 Å². The van der Waals surface area contributed by atoms with Crippen molar-refractivity contribution < 1.29 is 14.3 Å². The van der Waals surface area contributed by atoms with Crippen LogP contribution in [-0.4, -0.2) is 19.6 Å². The fourth-order valence-electron chi connectivity index (χ4n) is 2.18. The molecular weight excluding hydrogens is 290 g/mol. The number of anilines is 1. The van der Waals surface area contributed by atoms with E-state index in [1.165, 1.54) is 5.56 Å². The average molecular weight is 313 g/mol. The second-order valence-electron chi connectivity index (χ2n) is 5.45. The van der Waals surface area contributed by atoms with Crippen LogP contribution in [0.5, 0.6) is 11.5 Å². The van der Waals surface area contributed by atoms with Crippen LogP contribution in [0.2, 0.25) is 0 Å². The Morgan fingerprint density at radius 2 is 1.87 bits per heavy atom. The molecule has 0 aliphatic heterocycles. The Morgan fingerprint density at radius 1 is 1.13 bits per heavy atom. The molecule has 0 aliphatic carbocycles. The van der Waals surface area contributed by atoms with Crippen LogP contribution >= 0.6 is 0 Å².